The fourth-order valence-electron chi connectivity index (χ4n) is 2.14. The standard InChI is InChI=1S/C14H16N2O5S/c1-2-3-13-15-14(21-16-13)9-22(17,18)10-4-5-11-12(8-10)20-7-6-19-11/h4-5,8H,2-3,6-7,9H2,1H3. The predicted molar refractivity (Wildman–Crippen MR) is 76.6 cm³/mol. The first-order valence-electron chi connectivity index (χ1n) is 7.02. The number of nitrogens with zero attached hydrogens (tertiary/aromatic N) is 2. The van der Waals surface area contributed by atoms with Gasteiger partial charge in [0.2, 0.25) is 5.89 Å². The molecule has 0 saturated carbocycles. The Bertz CT molecular complexity index is 769. The molecule has 8 heteroatoms. The van der Waals surface area contributed by atoms with Crippen molar-refractivity contribution in [2.45, 2.75) is 30.4 Å². The average Bonchev–Trinajstić information content (AvgIpc) is 2.93. The molecular formula is C14H16N2O5S. The lowest BCUT2D eigenvalue weighted by atomic mass is 10.3. The second-order valence-electron chi connectivity index (χ2n) is 4.92. The maximum atomic E-state index is 12.4. The third-order valence-electron chi connectivity index (χ3n) is 3.17. The van der Waals surface area contributed by atoms with Crippen LogP contribution < -0.4 is 9.47 Å². The van der Waals surface area contributed by atoms with Crippen LogP contribution in [-0.4, -0.2) is 31.8 Å². The number of sulfone groups is 1. The molecule has 0 unspecified atom stereocenters. The molecule has 3 rings (SSSR count). The lowest BCUT2D eigenvalue weighted by Crippen LogP contribution is -2.16. The molecule has 1 aromatic heterocycles. The van der Waals surface area contributed by atoms with Gasteiger partial charge in [0.25, 0.3) is 0 Å². The number of aromatic nitrogens is 2. The molecule has 2 heterocycles. The summed E-state index contributed by atoms with van der Waals surface area (Å²) in [4.78, 5) is 4.23. The minimum absolute atomic E-state index is 0.0957. The molecule has 1 aromatic carbocycles. The van der Waals surface area contributed by atoms with Gasteiger partial charge in [-0.1, -0.05) is 12.1 Å². The second-order valence-corrected chi connectivity index (χ2v) is 6.91. The van der Waals surface area contributed by atoms with E-state index in [0.29, 0.717) is 37.0 Å². The highest BCUT2D eigenvalue weighted by Crippen LogP contribution is 2.33. The van der Waals surface area contributed by atoms with Gasteiger partial charge in [-0.2, -0.15) is 4.98 Å². The maximum absolute atomic E-state index is 12.4. The van der Waals surface area contributed by atoms with E-state index in [1.165, 1.54) is 12.1 Å². The van der Waals surface area contributed by atoms with E-state index in [2.05, 4.69) is 10.1 Å². The molecule has 0 saturated heterocycles. The highest BCUT2D eigenvalue weighted by Gasteiger charge is 2.22. The van der Waals surface area contributed by atoms with Gasteiger partial charge in [-0.05, 0) is 18.6 Å². The van der Waals surface area contributed by atoms with Gasteiger partial charge in [0, 0.05) is 12.5 Å². The fourth-order valence-corrected chi connectivity index (χ4v) is 3.31. The molecule has 0 atom stereocenters. The number of ether oxygens (including phenoxy) is 2. The van der Waals surface area contributed by atoms with Crippen LogP contribution in [0, 0.1) is 0 Å². The second kappa shape index (κ2) is 5.96. The van der Waals surface area contributed by atoms with Crippen LogP contribution in [0.1, 0.15) is 25.1 Å². The Morgan fingerprint density at radius 3 is 2.73 bits per heavy atom. The molecule has 0 N–H and O–H groups in total. The largest absolute Gasteiger partial charge is 0.486 e. The van der Waals surface area contributed by atoms with E-state index in [1.807, 2.05) is 6.92 Å². The van der Waals surface area contributed by atoms with E-state index in [-0.39, 0.29) is 16.5 Å². The number of fused-ring (bicyclic) bond motifs is 1. The topological polar surface area (TPSA) is 91.5 Å². The monoisotopic (exact) mass is 324 g/mol. The normalized spacial score (nSPS) is 14.0. The summed E-state index contributed by atoms with van der Waals surface area (Å²) in [6, 6.07) is 4.55. The van der Waals surface area contributed by atoms with Crippen LogP contribution in [0.25, 0.3) is 0 Å². The molecule has 22 heavy (non-hydrogen) atoms. The zero-order valence-corrected chi connectivity index (χ0v) is 12.9. The van der Waals surface area contributed by atoms with E-state index >= 15 is 0 Å². The zero-order valence-electron chi connectivity index (χ0n) is 12.1. The SMILES string of the molecule is CCCc1noc(CS(=O)(=O)c2ccc3c(c2)OCCO3)n1. The lowest BCUT2D eigenvalue weighted by Gasteiger charge is -2.18. The van der Waals surface area contributed by atoms with Gasteiger partial charge in [-0.25, -0.2) is 8.42 Å². The first-order chi connectivity index (χ1) is 10.6. The first kappa shape index (κ1) is 14.8. The van der Waals surface area contributed by atoms with E-state index < -0.39 is 9.84 Å². The Hall–Kier alpha value is -2.09. The van der Waals surface area contributed by atoms with Crippen LogP contribution in [-0.2, 0) is 22.0 Å². The minimum atomic E-state index is -3.58. The van der Waals surface area contributed by atoms with Crippen molar-refractivity contribution in [3.05, 3.63) is 29.9 Å². The van der Waals surface area contributed by atoms with Crippen molar-refractivity contribution in [1.29, 1.82) is 0 Å². The first-order valence-corrected chi connectivity index (χ1v) is 8.67. The highest BCUT2D eigenvalue weighted by molar-refractivity contribution is 7.90. The molecule has 2 aromatic rings. The van der Waals surface area contributed by atoms with Gasteiger partial charge >= 0.3 is 0 Å². The van der Waals surface area contributed by atoms with Crippen LogP contribution in [0.5, 0.6) is 11.5 Å². The van der Waals surface area contributed by atoms with Crippen LogP contribution in [0.15, 0.2) is 27.6 Å². The van der Waals surface area contributed by atoms with Gasteiger partial charge < -0.3 is 14.0 Å². The third-order valence-corrected chi connectivity index (χ3v) is 4.77. The summed E-state index contributed by atoms with van der Waals surface area (Å²) >= 11 is 0. The third kappa shape index (κ3) is 3.06. The summed E-state index contributed by atoms with van der Waals surface area (Å²) in [7, 11) is -3.58. The van der Waals surface area contributed by atoms with E-state index in [1.54, 1.807) is 6.07 Å². The number of hydrogen-bond acceptors (Lipinski definition) is 7. The summed E-state index contributed by atoms with van der Waals surface area (Å²) in [6.07, 6.45) is 1.53. The Morgan fingerprint density at radius 2 is 1.95 bits per heavy atom. The van der Waals surface area contributed by atoms with Crippen molar-refractivity contribution in [3.8, 4) is 11.5 Å². The van der Waals surface area contributed by atoms with Crippen molar-refractivity contribution in [2.24, 2.45) is 0 Å². The Kier molecular flexibility index (Phi) is 4.02. The molecule has 0 radical (unpaired) electrons. The molecular weight excluding hydrogens is 308 g/mol. The van der Waals surface area contributed by atoms with Crippen molar-refractivity contribution in [3.63, 3.8) is 0 Å². The van der Waals surface area contributed by atoms with Gasteiger partial charge in [-0.15, -0.1) is 0 Å². The van der Waals surface area contributed by atoms with Crippen LogP contribution in [0.4, 0.5) is 0 Å². The molecule has 0 bridgehead atoms. The summed E-state index contributed by atoms with van der Waals surface area (Å²) < 4.78 is 40.6. The maximum Gasteiger partial charge on any atom is 0.242 e. The molecule has 0 fully saturated rings. The van der Waals surface area contributed by atoms with Crippen LogP contribution in [0.3, 0.4) is 0 Å². The van der Waals surface area contributed by atoms with Gasteiger partial charge in [0.05, 0.1) is 4.90 Å². The number of rotatable bonds is 5. The van der Waals surface area contributed by atoms with Gasteiger partial charge in [0.15, 0.2) is 27.2 Å². The lowest BCUT2D eigenvalue weighted by molar-refractivity contribution is 0.171. The number of hydrogen-bond donors (Lipinski definition) is 0. The predicted octanol–water partition coefficient (Wildman–Crippen LogP) is 1.77. The quantitative estimate of drug-likeness (QED) is 0.827. The van der Waals surface area contributed by atoms with Crippen LogP contribution >= 0.6 is 0 Å². The molecule has 118 valence electrons. The van der Waals surface area contributed by atoms with Crippen molar-refractivity contribution < 1.29 is 22.4 Å². The van der Waals surface area contributed by atoms with E-state index in [4.69, 9.17) is 14.0 Å². The number of benzene rings is 1. The summed E-state index contributed by atoms with van der Waals surface area (Å²) in [5, 5.41) is 3.76. The molecule has 1 aliphatic heterocycles. The Labute approximate surface area is 128 Å². The summed E-state index contributed by atoms with van der Waals surface area (Å²) in [6.45, 7) is 2.85. The van der Waals surface area contributed by atoms with E-state index in [9.17, 15) is 8.42 Å². The number of aryl methyl sites for hydroxylation is 1. The van der Waals surface area contributed by atoms with Gasteiger partial charge in [0.1, 0.15) is 19.0 Å². The van der Waals surface area contributed by atoms with Gasteiger partial charge in [-0.3, -0.25) is 0 Å². The molecule has 0 aliphatic carbocycles. The van der Waals surface area contributed by atoms with Crippen LogP contribution in [0.2, 0.25) is 0 Å². The van der Waals surface area contributed by atoms with Crippen molar-refractivity contribution in [2.75, 3.05) is 13.2 Å². The van der Waals surface area contributed by atoms with Crippen molar-refractivity contribution >= 4 is 9.84 Å². The summed E-state index contributed by atoms with van der Waals surface area (Å²) in [5.41, 5.74) is 0. The zero-order chi connectivity index (χ0) is 15.6. The van der Waals surface area contributed by atoms with Crippen molar-refractivity contribution in [1.82, 2.24) is 10.1 Å². The molecule has 7 nitrogen and oxygen atoms in total. The Balaban J connectivity index is 1.82. The summed E-state index contributed by atoms with van der Waals surface area (Å²) in [5.74, 6) is 1.27. The van der Waals surface area contributed by atoms with E-state index in [0.717, 1.165) is 6.42 Å². The molecule has 0 amide bonds. The molecule has 1 aliphatic rings. The highest BCUT2D eigenvalue weighted by atomic mass is 32.2. The average molecular weight is 324 g/mol. The Morgan fingerprint density at radius 1 is 1.18 bits per heavy atom. The minimum Gasteiger partial charge on any atom is -0.486 e. The molecule has 0 spiro atoms. The smallest absolute Gasteiger partial charge is 0.242 e. The fraction of sp³-hybridized carbons (Fsp3) is 0.429.